The minimum Gasteiger partial charge on any atom is -0.219 e. The van der Waals surface area contributed by atoms with Crippen molar-refractivity contribution in [3.05, 3.63) is 0 Å². The van der Waals surface area contributed by atoms with E-state index in [-0.39, 0.29) is 0 Å². The highest BCUT2D eigenvalue weighted by molar-refractivity contribution is 3.50. The van der Waals surface area contributed by atoms with Gasteiger partial charge in [-0.25, -0.2) is 5.26 Å². The predicted molar refractivity (Wildman–Crippen MR) is 14.7 cm³/mol. The molecule has 27 valence electrons. The number of hydrogen-bond acceptors (Lipinski definition) is 1. The van der Waals surface area contributed by atoms with Gasteiger partial charge in [0.1, 0.15) is 0 Å². The predicted octanol–water partition coefficient (Wildman–Crippen LogP) is 0.916. The van der Waals surface area contributed by atoms with E-state index in [0.717, 1.165) is 0 Å². The highest BCUT2D eigenvalue weighted by atomic mass is 17.0. The Kier molecular flexibility index (Phi) is 3810. The monoisotopic (exact) mass is 63.0 g/mol. The van der Waals surface area contributed by atoms with Crippen LogP contribution in [0.15, 0.2) is 0 Å². The first-order valence-electron chi connectivity index (χ1n) is 1.18. The van der Waals surface area contributed by atoms with Crippen LogP contribution in [0.3, 0.4) is 0 Å². The Balaban J connectivity index is 0. The van der Waals surface area contributed by atoms with Gasteiger partial charge in [0.25, 0.3) is 0 Å². The van der Waals surface area contributed by atoms with Crippen molar-refractivity contribution in [2.45, 2.75) is 13.8 Å². The standard InChI is InChI=1S/C2H6.HO2/c2*1-2/h1-2H3;1H. The van der Waals surface area contributed by atoms with Crippen molar-refractivity contribution in [1.29, 1.82) is 0 Å². The molecule has 0 atom stereocenters. The molecule has 4 heavy (non-hydrogen) atoms. The Morgan fingerprint density at radius 1 is 1.25 bits per heavy atom. The normalized spacial score (nSPS) is 3.00. The van der Waals surface area contributed by atoms with Crippen LogP contribution >= 0.6 is 0 Å². The first-order chi connectivity index (χ1) is 2.00. The first-order valence-corrected chi connectivity index (χ1v) is 1.18. The van der Waals surface area contributed by atoms with Gasteiger partial charge in [-0.05, 0) is 5.26 Å². The molecule has 1 N–H and O–H groups in total. The van der Waals surface area contributed by atoms with Gasteiger partial charge in [0.2, 0.25) is 0 Å². The van der Waals surface area contributed by atoms with Crippen LogP contribution in [0.5, 0.6) is 0 Å². The minimum atomic E-state index is 2.00. The van der Waals surface area contributed by atoms with Crippen LogP contribution in [-0.2, 0) is 5.26 Å². The Labute approximate surface area is 25.6 Å². The summed E-state index contributed by atoms with van der Waals surface area (Å²) in [6.45, 7) is 4.00. The Hall–Kier alpha value is -0.0800. The number of hydrogen-bond donors (Lipinski definition) is 1. The van der Waals surface area contributed by atoms with Crippen molar-refractivity contribution in [3.63, 3.8) is 0 Å². The third kappa shape index (κ3) is 254. The summed E-state index contributed by atoms with van der Waals surface area (Å²) < 4.78 is 0. The van der Waals surface area contributed by atoms with Crippen molar-refractivity contribution in [1.82, 2.24) is 0 Å². The molecule has 0 aliphatic rings. The maximum absolute atomic E-state index is 7.25. The third-order valence-corrected chi connectivity index (χ3v) is 0. The molecule has 2 heteroatoms. The second-order valence-electron chi connectivity index (χ2n) is 0. The van der Waals surface area contributed by atoms with Crippen molar-refractivity contribution < 1.29 is 10.5 Å². The molecule has 0 bridgehead atoms. The van der Waals surface area contributed by atoms with Gasteiger partial charge in [0.05, 0.1) is 0 Å². The van der Waals surface area contributed by atoms with E-state index in [1.807, 2.05) is 13.8 Å². The average Bonchev–Trinajstić information content (AvgIpc) is 1.50. The largest absolute Gasteiger partial charge is 0.219 e. The fourth-order valence-corrected chi connectivity index (χ4v) is 0. The quantitative estimate of drug-likeness (QED) is 0.329. The van der Waals surface area contributed by atoms with Crippen molar-refractivity contribution in [2.24, 2.45) is 0 Å². The maximum Gasteiger partial charge on any atom is -0.0395 e. The van der Waals surface area contributed by atoms with Gasteiger partial charge in [-0.3, -0.25) is 0 Å². The van der Waals surface area contributed by atoms with Gasteiger partial charge >= 0.3 is 0 Å². The van der Waals surface area contributed by atoms with E-state index < -0.39 is 0 Å². The van der Waals surface area contributed by atoms with E-state index >= 15 is 0 Å². The average molecular weight is 63.1 g/mol. The molecular formula is C2H7O2. The van der Waals surface area contributed by atoms with Gasteiger partial charge in [0, 0.05) is 0 Å². The molecule has 0 unspecified atom stereocenters. The fourth-order valence-electron chi connectivity index (χ4n) is 0. The second-order valence-corrected chi connectivity index (χ2v) is 0. The summed E-state index contributed by atoms with van der Waals surface area (Å²) in [6.07, 6.45) is 0. The Bertz CT molecular complexity index is 4.00. The van der Waals surface area contributed by atoms with E-state index in [4.69, 9.17) is 10.5 Å². The van der Waals surface area contributed by atoms with Crippen LogP contribution in [0.1, 0.15) is 13.8 Å². The molecule has 0 aromatic rings. The summed E-state index contributed by atoms with van der Waals surface area (Å²) in [5.74, 6) is 0. The Morgan fingerprint density at radius 3 is 1.25 bits per heavy atom. The molecule has 0 aliphatic carbocycles. The highest BCUT2D eigenvalue weighted by Gasteiger charge is 0.932. The van der Waals surface area contributed by atoms with Crippen LogP contribution in [0, 0.1) is 0 Å². The lowest BCUT2D eigenvalue weighted by molar-refractivity contribution is -0.247. The van der Waals surface area contributed by atoms with Crippen molar-refractivity contribution in [3.8, 4) is 0 Å². The molecule has 0 spiro atoms. The minimum absolute atomic E-state index is 2.00. The fraction of sp³-hybridized carbons (Fsp3) is 1.00. The van der Waals surface area contributed by atoms with E-state index in [1.54, 1.807) is 0 Å². The molecule has 0 amide bonds. The van der Waals surface area contributed by atoms with Gasteiger partial charge in [0.15, 0.2) is 0 Å². The molecule has 0 heterocycles. The molecule has 1 radical (unpaired) electrons. The van der Waals surface area contributed by atoms with Crippen molar-refractivity contribution in [2.75, 3.05) is 0 Å². The zero-order valence-electron chi connectivity index (χ0n) is 2.86. The van der Waals surface area contributed by atoms with Gasteiger partial charge in [-0.1, -0.05) is 13.8 Å². The third-order valence-electron chi connectivity index (χ3n) is 0. The highest BCUT2D eigenvalue weighted by Crippen LogP contribution is 1.14. The van der Waals surface area contributed by atoms with E-state index in [9.17, 15) is 0 Å². The summed E-state index contributed by atoms with van der Waals surface area (Å²) in [6, 6.07) is 0. The summed E-state index contributed by atoms with van der Waals surface area (Å²) in [4.78, 5) is 0. The lowest BCUT2D eigenvalue weighted by atomic mass is 11.0. The van der Waals surface area contributed by atoms with Crippen LogP contribution in [-0.4, -0.2) is 5.26 Å². The molecule has 0 aliphatic heterocycles. The van der Waals surface area contributed by atoms with Gasteiger partial charge in [-0.2, -0.15) is 0 Å². The topological polar surface area (TPSA) is 40.1 Å². The zero-order valence-corrected chi connectivity index (χ0v) is 2.86. The molecular weight excluding hydrogens is 56.0 g/mol. The lowest BCUT2D eigenvalue weighted by Gasteiger charge is -1.13. The molecule has 0 fully saturated rings. The van der Waals surface area contributed by atoms with E-state index in [2.05, 4.69) is 0 Å². The second kappa shape index (κ2) is 1680. The Morgan fingerprint density at radius 2 is 1.25 bits per heavy atom. The first kappa shape index (κ1) is 9.07. The summed E-state index contributed by atoms with van der Waals surface area (Å²) >= 11 is 0. The smallest absolute Gasteiger partial charge is 0.0395 e. The van der Waals surface area contributed by atoms with E-state index in [0.29, 0.717) is 0 Å². The van der Waals surface area contributed by atoms with Crippen molar-refractivity contribution >= 4 is 0 Å². The van der Waals surface area contributed by atoms with Crippen LogP contribution in [0.2, 0.25) is 0 Å². The van der Waals surface area contributed by atoms with E-state index in [1.165, 1.54) is 0 Å². The molecule has 0 saturated carbocycles. The molecule has 2 nitrogen and oxygen atoms in total. The molecule has 0 aromatic heterocycles. The molecule has 0 rings (SSSR count). The maximum atomic E-state index is 7.25. The summed E-state index contributed by atoms with van der Waals surface area (Å²) in [7, 11) is 0. The zero-order chi connectivity index (χ0) is 4.00. The van der Waals surface area contributed by atoms with Crippen LogP contribution < -0.4 is 0 Å². The van der Waals surface area contributed by atoms with Crippen LogP contribution in [0.25, 0.3) is 0 Å². The van der Waals surface area contributed by atoms with Crippen LogP contribution in [0.4, 0.5) is 0 Å². The molecule has 0 aromatic carbocycles. The summed E-state index contributed by atoms with van der Waals surface area (Å²) in [5, 5.41) is 13.0. The summed E-state index contributed by atoms with van der Waals surface area (Å²) in [5.41, 5.74) is 0. The lowest BCUT2D eigenvalue weighted by Crippen LogP contribution is -1.21. The van der Waals surface area contributed by atoms with Gasteiger partial charge < -0.3 is 0 Å². The SMILES string of the molecule is CC.[O]O. The number of rotatable bonds is 0. The molecule has 0 saturated heterocycles. The van der Waals surface area contributed by atoms with Gasteiger partial charge in [-0.15, -0.1) is 0 Å².